The molecule has 0 saturated heterocycles. The molecule has 3 aromatic rings. The molecule has 26 heavy (non-hydrogen) atoms. The summed E-state index contributed by atoms with van der Waals surface area (Å²) in [5, 5.41) is 10.7. The number of allylic oxidation sites excluding steroid dienone is 1. The molecule has 0 atom stereocenters. The number of thiophene rings is 1. The number of methoxy groups -OCH3 is 1. The standard InChI is InChI=1S/C18H15ClN4O2S/c1-25-15-7-3-2-5-12(15)6-4-10-20-23-18(24)14-11-13(21-22-14)16-8-9-17(19)26-16/h2-11H,1H3,(H,21,22)(H,23,24). The zero-order valence-corrected chi connectivity index (χ0v) is 15.3. The maximum Gasteiger partial charge on any atom is 0.291 e. The molecule has 2 aromatic heterocycles. The second-order valence-corrected chi connectivity index (χ2v) is 6.81. The molecule has 0 aliphatic heterocycles. The van der Waals surface area contributed by atoms with Crippen LogP contribution in [-0.4, -0.2) is 29.4 Å². The zero-order chi connectivity index (χ0) is 18.4. The number of para-hydroxylation sites is 1. The average molecular weight is 387 g/mol. The van der Waals surface area contributed by atoms with Crippen LogP contribution in [0, 0.1) is 0 Å². The van der Waals surface area contributed by atoms with Gasteiger partial charge in [0.2, 0.25) is 0 Å². The van der Waals surface area contributed by atoms with Crippen LogP contribution >= 0.6 is 22.9 Å². The molecule has 132 valence electrons. The van der Waals surface area contributed by atoms with E-state index in [0.29, 0.717) is 4.34 Å². The average Bonchev–Trinajstić information content (AvgIpc) is 3.30. The minimum Gasteiger partial charge on any atom is -0.496 e. The van der Waals surface area contributed by atoms with E-state index in [0.717, 1.165) is 21.9 Å². The Morgan fingerprint density at radius 1 is 1.35 bits per heavy atom. The minimum absolute atomic E-state index is 0.246. The van der Waals surface area contributed by atoms with Crippen LogP contribution in [0.15, 0.2) is 53.6 Å². The van der Waals surface area contributed by atoms with E-state index in [4.69, 9.17) is 16.3 Å². The summed E-state index contributed by atoms with van der Waals surface area (Å²) in [4.78, 5) is 13.0. The number of ether oxygens (including phenoxy) is 1. The molecule has 2 heterocycles. The third kappa shape index (κ3) is 4.38. The Kier molecular flexibility index (Phi) is 5.83. The first-order valence-electron chi connectivity index (χ1n) is 7.61. The van der Waals surface area contributed by atoms with E-state index in [1.807, 2.05) is 36.4 Å². The van der Waals surface area contributed by atoms with Gasteiger partial charge < -0.3 is 4.74 Å². The fraction of sp³-hybridized carbons (Fsp3) is 0.0556. The number of halogens is 1. The maximum atomic E-state index is 12.1. The molecule has 0 radical (unpaired) electrons. The summed E-state index contributed by atoms with van der Waals surface area (Å²) in [6.45, 7) is 0. The van der Waals surface area contributed by atoms with Crippen molar-refractivity contribution in [3.05, 3.63) is 64.1 Å². The number of nitrogens with zero attached hydrogens (tertiary/aromatic N) is 2. The predicted molar refractivity (Wildman–Crippen MR) is 105 cm³/mol. The van der Waals surface area contributed by atoms with E-state index in [2.05, 4.69) is 20.7 Å². The molecule has 0 aliphatic rings. The number of H-pyrrole nitrogens is 1. The maximum absolute atomic E-state index is 12.1. The van der Waals surface area contributed by atoms with Crippen molar-refractivity contribution in [2.24, 2.45) is 5.10 Å². The van der Waals surface area contributed by atoms with Gasteiger partial charge in [-0.05, 0) is 36.4 Å². The van der Waals surface area contributed by atoms with Gasteiger partial charge in [0.15, 0.2) is 5.69 Å². The van der Waals surface area contributed by atoms with Crippen LogP contribution in [-0.2, 0) is 0 Å². The Hall–Kier alpha value is -2.90. The van der Waals surface area contributed by atoms with Crippen LogP contribution in [0.1, 0.15) is 16.1 Å². The number of rotatable bonds is 6. The molecule has 0 saturated carbocycles. The summed E-state index contributed by atoms with van der Waals surface area (Å²) < 4.78 is 5.93. The fourth-order valence-corrected chi connectivity index (χ4v) is 3.18. The minimum atomic E-state index is -0.405. The number of amides is 1. The molecule has 8 heteroatoms. The van der Waals surface area contributed by atoms with Crippen molar-refractivity contribution in [3.8, 4) is 16.3 Å². The molecule has 1 amide bonds. The van der Waals surface area contributed by atoms with E-state index < -0.39 is 5.91 Å². The number of aromatic nitrogens is 2. The lowest BCUT2D eigenvalue weighted by Crippen LogP contribution is -2.17. The third-order valence-electron chi connectivity index (χ3n) is 3.39. The summed E-state index contributed by atoms with van der Waals surface area (Å²) in [6, 6.07) is 12.9. The highest BCUT2D eigenvalue weighted by Gasteiger charge is 2.11. The molecule has 2 N–H and O–H groups in total. The van der Waals surface area contributed by atoms with Crippen LogP contribution in [0.3, 0.4) is 0 Å². The molecule has 0 fully saturated rings. The van der Waals surface area contributed by atoms with Crippen molar-refractivity contribution in [2.45, 2.75) is 0 Å². The number of carbonyl (C=O) groups excluding carboxylic acids is 1. The van der Waals surface area contributed by atoms with Crippen LogP contribution < -0.4 is 10.2 Å². The Morgan fingerprint density at radius 3 is 2.96 bits per heavy atom. The molecular weight excluding hydrogens is 372 g/mol. The number of nitrogens with one attached hydrogen (secondary N) is 2. The van der Waals surface area contributed by atoms with Crippen molar-refractivity contribution < 1.29 is 9.53 Å². The second-order valence-electron chi connectivity index (χ2n) is 5.09. The molecule has 1 aromatic carbocycles. The van der Waals surface area contributed by atoms with E-state index >= 15 is 0 Å². The van der Waals surface area contributed by atoms with Gasteiger partial charge in [0.25, 0.3) is 5.91 Å². The lowest BCUT2D eigenvalue weighted by Gasteiger charge is -2.02. The van der Waals surface area contributed by atoms with E-state index in [9.17, 15) is 4.79 Å². The van der Waals surface area contributed by atoms with E-state index in [1.165, 1.54) is 17.6 Å². The van der Waals surface area contributed by atoms with Crippen molar-refractivity contribution in [1.29, 1.82) is 0 Å². The number of hydrazone groups is 1. The van der Waals surface area contributed by atoms with Gasteiger partial charge in [-0.15, -0.1) is 11.3 Å². The summed E-state index contributed by atoms with van der Waals surface area (Å²) in [5.74, 6) is 0.357. The van der Waals surface area contributed by atoms with Crippen LogP contribution in [0.25, 0.3) is 16.6 Å². The van der Waals surface area contributed by atoms with Gasteiger partial charge in [0.1, 0.15) is 5.75 Å². The first kappa shape index (κ1) is 17.9. The highest BCUT2D eigenvalue weighted by molar-refractivity contribution is 7.19. The Bertz CT molecular complexity index is 962. The monoisotopic (exact) mass is 386 g/mol. The van der Waals surface area contributed by atoms with Crippen molar-refractivity contribution in [2.75, 3.05) is 7.11 Å². The number of hydrogen-bond donors (Lipinski definition) is 2. The highest BCUT2D eigenvalue weighted by Crippen LogP contribution is 2.29. The molecular formula is C18H15ClN4O2S. The first-order valence-corrected chi connectivity index (χ1v) is 8.81. The lowest BCUT2D eigenvalue weighted by molar-refractivity contribution is 0.0950. The Labute approximate surface area is 159 Å². The lowest BCUT2D eigenvalue weighted by atomic mass is 10.2. The normalized spacial score (nSPS) is 11.3. The summed E-state index contributed by atoms with van der Waals surface area (Å²) in [5.41, 5.74) is 4.32. The number of carbonyl (C=O) groups is 1. The third-order valence-corrected chi connectivity index (χ3v) is 4.66. The van der Waals surface area contributed by atoms with Gasteiger partial charge in [-0.1, -0.05) is 29.8 Å². The molecule has 0 spiro atoms. The van der Waals surface area contributed by atoms with E-state index in [1.54, 1.807) is 25.3 Å². The van der Waals surface area contributed by atoms with Gasteiger partial charge in [-0.2, -0.15) is 10.2 Å². The zero-order valence-electron chi connectivity index (χ0n) is 13.8. The SMILES string of the molecule is COc1ccccc1C=CC=NNC(=O)c1cc(-c2ccc(Cl)s2)[nH]n1. The molecule has 0 bridgehead atoms. The Morgan fingerprint density at radius 2 is 2.19 bits per heavy atom. The van der Waals surface area contributed by atoms with Crippen molar-refractivity contribution in [1.82, 2.24) is 15.6 Å². The van der Waals surface area contributed by atoms with Crippen molar-refractivity contribution >= 4 is 41.1 Å². The topological polar surface area (TPSA) is 79.4 Å². The first-order chi connectivity index (χ1) is 12.7. The van der Waals surface area contributed by atoms with Gasteiger partial charge >= 0.3 is 0 Å². The fourth-order valence-electron chi connectivity index (χ4n) is 2.17. The molecule has 6 nitrogen and oxygen atoms in total. The van der Waals surface area contributed by atoms with Gasteiger partial charge in [0, 0.05) is 11.8 Å². The molecule has 3 rings (SSSR count). The van der Waals surface area contributed by atoms with Crippen molar-refractivity contribution in [3.63, 3.8) is 0 Å². The van der Waals surface area contributed by atoms with Crippen LogP contribution in [0.4, 0.5) is 0 Å². The van der Waals surface area contributed by atoms with Gasteiger partial charge in [-0.25, -0.2) is 5.43 Å². The van der Waals surface area contributed by atoms with E-state index in [-0.39, 0.29) is 5.69 Å². The predicted octanol–water partition coefficient (Wildman–Crippen LogP) is 4.23. The summed E-state index contributed by atoms with van der Waals surface area (Å²) in [7, 11) is 1.61. The molecule has 0 unspecified atom stereocenters. The quantitative estimate of drug-likeness (QED) is 0.491. The number of aromatic amines is 1. The summed E-state index contributed by atoms with van der Waals surface area (Å²) >= 11 is 7.32. The second kappa shape index (κ2) is 8.46. The van der Waals surface area contributed by atoms with Crippen LogP contribution in [0.2, 0.25) is 4.34 Å². The number of hydrogen-bond acceptors (Lipinski definition) is 5. The van der Waals surface area contributed by atoms with Gasteiger partial charge in [0.05, 0.1) is 22.0 Å². The summed E-state index contributed by atoms with van der Waals surface area (Å²) in [6.07, 6.45) is 5.03. The van der Waals surface area contributed by atoms with Crippen LogP contribution in [0.5, 0.6) is 5.75 Å². The van der Waals surface area contributed by atoms with Gasteiger partial charge in [-0.3, -0.25) is 9.89 Å². The highest BCUT2D eigenvalue weighted by atomic mass is 35.5. The largest absolute Gasteiger partial charge is 0.496 e. The Balaban J connectivity index is 1.58. The molecule has 0 aliphatic carbocycles. The number of benzene rings is 1. The smallest absolute Gasteiger partial charge is 0.291 e.